The lowest BCUT2D eigenvalue weighted by molar-refractivity contribution is 0.0253. The number of hydrogen-bond acceptors (Lipinski definition) is 5. The predicted molar refractivity (Wildman–Crippen MR) is 152 cm³/mol. The third-order valence-corrected chi connectivity index (χ3v) is 8.41. The average molecular weight is 564 g/mol. The molecular formula is C30H35BrN4O2. The Kier molecular flexibility index (Phi) is 7.93. The van der Waals surface area contributed by atoms with Gasteiger partial charge in [-0.2, -0.15) is 0 Å². The topological polar surface area (TPSA) is 57.7 Å². The molecular weight excluding hydrogens is 528 g/mol. The van der Waals surface area contributed by atoms with E-state index in [1.54, 1.807) is 0 Å². The molecule has 2 aromatic carbocycles. The molecule has 6 nitrogen and oxygen atoms in total. The summed E-state index contributed by atoms with van der Waals surface area (Å²) in [7, 11) is 0. The van der Waals surface area contributed by atoms with Gasteiger partial charge in [-0.3, -0.25) is 20.0 Å². The van der Waals surface area contributed by atoms with Crippen LogP contribution in [0.3, 0.4) is 0 Å². The van der Waals surface area contributed by atoms with Gasteiger partial charge in [0, 0.05) is 41.6 Å². The minimum Gasteiger partial charge on any atom is -0.337 e. The number of likely N-dealkylation sites (tertiary alicyclic amines) is 2. The van der Waals surface area contributed by atoms with E-state index in [4.69, 9.17) is 4.84 Å². The van der Waals surface area contributed by atoms with Gasteiger partial charge in [0.1, 0.15) is 5.69 Å². The number of halogens is 1. The number of nitrogens with one attached hydrogen (secondary N) is 1. The van der Waals surface area contributed by atoms with Crippen LogP contribution in [0.5, 0.6) is 0 Å². The zero-order valence-corrected chi connectivity index (χ0v) is 23.3. The van der Waals surface area contributed by atoms with Gasteiger partial charge < -0.3 is 4.90 Å². The molecule has 0 radical (unpaired) electrons. The summed E-state index contributed by atoms with van der Waals surface area (Å²) in [6.07, 6.45) is 3.96. The lowest BCUT2D eigenvalue weighted by Gasteiger charge is -2.48. The highest BCUT2D eigenvalue weighted by Gasteiger charge is 2.38. The van der Waals surface area contributed by atoms with Crippen molar-refractivity contribution in [1.29, 1.82) is 0 Å². The van der Waals surface area contributed by atoms with E-state index < -0.39 is 0 Å². The van der Waals surface area contributed by atoms with E-state index in [1.807, 2.05) is 48.2 Å². The molecule has 2 aliphatic heterocycles. The van der Waals surface area contributed by atoms with Gasteiger partial charge >= 0.3 is 0 Å². The average Bonchev–Trinajstić information content (AvgIpc) is 2.94. The van der Waals surface area contributed by atoms with Gasteiger partial charge in [0.15, 0.2) is 0 Å². The second kappa shape index (κ2) is 11.3. The summed E-state index contributed by atoms with van der Waals surface area (Å²) in [4.78, 5) is 28.1. The Labute approximate surface area is 227 Å². The zero-order valence-electron chi connectivity index (χ0n) is 21.7. The molecule has 2 saturated heterocycles. The number of carbonyl (C=O) groups is 1. The van der Waals surface area contributed by atoms with Crippen LogP contribution >= 0.6 is 15.9 Å². The molecule has 0 spiro atoms. The van der Waals surface area contributed by atoms with E-state index in [-0.39, 0.29) is 11.4 Å². The van der Waals surface area contributed by atoms with Gasteiger partial charge in [-0.05, 0) is 74.9 Å². The van der Waals surface area contributed by atoms with Gasteiger partial charge in [0.25, 0.3) is 5.91 Å². The largest absolute Gasteiger partial charge is 0.337 e. The Bertz CT molecular complexity index is 1270. The number of nitrogens with zero attached hydrogens (tertiary/aromatic N) is 3. The maximum absolute atomic E-state index is 13.2. The van der Waals surface area contributed by atoms with Crippen LogP contribution in [0.4, 0.5) is 0 Å². The molecule has 194 valence electrons. The summed E-state index contributed by atoms with van der Waals surface area (Å²) in [5.74, 6) is 0.0396. The Morgan fingerprint density at radius 1 is 1.00 bits per heavy atom. The van der Waals surface area contributed by atoms with Crippen LogP contribution in [-0.4, -0.2) is 59.0 Å². The maximum Gasteiger partial charge on any atom is 0.272 e. The molecule has 2 aliphatic rings. The third kappa shape index (κ3) is 5.74. The Balaban J connectivity index is 1.22. The van der Waals surface area contributed by atoms with Gasteiger partial charge in [0.2, 0.25) is 0 Å². The molecule has 7 heteroatoms. The van der Waals surface area contributed by atoms with Gasteiger partial charge in [-0.1, -0.05) is 52.3 Å². The minimum atomic E-state index is 0.0396. The predicted octanol–water partition coefficient (Wildman–Crippen LogP) is 6.04. The molecule has 2 fully saturated rings. The summed E-state index contributed by atoms with van der Waals surface area (Å²) in [6, 6.07) is 20.2. The van der Waals surface area contributed by atoms with Crippen molar-refractivity contribution in [2.45, 2.75) is 45.1 Å². The molecule has 5 rings (SSSR count). The SMILES string of the molecule is CCONC(=C1CCN(C2(C)CCN(C(=O)c3ccc4ccccc4n3)CC2)CC1)c1ccc(Br)cc1. The number of benzene rings is 2. The standard InChI is InChI=1S/C30H35BrN4O2/c1-3-37-33-28(23-8-11-25(31)12-9-23)24-14-18-35(19-15-24)30(2)16-20-34(21-17-30)29(36)27-13-10-22-6-4-5-7-26(22)32-27/h4-13,33H,3,14-21H2,1-2H3. The van der Waals surface area contributed by atoms with E-state index in [0.29, 0.717) is 12.3 Å². The fourth-order valence-corrected chi connectivity index (χ4v) is 5.78. The minimum absolute atomic E-state index is 0.0396. The molecule has 37 heavy (non-hydrogen) atoms. The Morgan fingerprint density at radius 2 is 1.70 bits per heavy atom. The summed E-state index contributed by atoms with van der Waals surface area (Å²) in [6.45, 7) is 8.53. The number of fused-ring (bicyclic) bond motifs is 1. The molecule has 3 heterocycles. The molecule has 0 saturated carbocycles. The van der Waals surface area contributed by atoms with Crippen LogP contribution in [0.25, 0.3) is 16.6 Å². The summed E-state index contributed by atoms with van der Waals surface area (Å²) in [5, 5.41) is 1.06. The lowest BCUT2D eigenvalue weighted by Crippen LogP contribution is -2.56. The first kappa shape index (κ1) is 25.9. The number of amides is 1. The third-order valence-electron chi connectivity index (χ3n) is 7.88. The summed E-state index contributed by atoms with van der Waals surface area (Å²) < 4.78 is 1.07. The molecule has 0 atom stereocenters. The van der Waals surface area contributed by atoms with Crippen molar-refractivity contribution in [2.24, 2.45) is 0 Å². The fraction of sp³-hybridized carbons (Fsp3) is 0.400. The van der Waals surface area contributed by atoms with E-state index in [0.717, 1.165) is 78.5 Å². The highest BCUT2D eigenvalue weighted by molar-refractivity contribution is 9.10. The first-order chi connectivity index (χ1) is 18.0. The second-order valence-electron chi connectivity index (χ2n) is 10.2. The maximum atomic E-state index is 13.2. The van der Waals surface area contributed by atoms with Crippen molar-refractivity contribution in [3.8, 4) is 0 Å². The van der Waals surface area contributed by atoms with Crippen LogP contribution in [0.1, 0.15) is 55.6 Å². The molecule has 0 aliphatic carbocycles. The van der Waals surface area contributed by atoms with Gasteiger partial charge in [-0.15, -0.1) is 0 Å². The normalized spacial score (nSPS) is 18.1. The lowest BCUT2D eigenvalue weighted by atomic mass is 9.85. The first-order valence-electron chi connectivity index (χ1n) is 13.2. The summed E-state index contributed by atoms with van der Waals surface area (Å²) in [5.41, 5.74) is 8.39. The highest BCUT2D eigenvalue weighted by atomic mass is 79.9. The number of aromatic nitrogens is 1. The first-order valence-corrected chi connectivity index (χ1v) is 14.0. The Hall–Kier alpha value is -2.74. The molecule has 1 aromatic heterocycles. The van der Waals surface area contributed by atoms with Crippen molar-refractivity contribution >= 4 is 38.4 Å². The highest BCUT2D eigenvalue weighted by Crippen LogP contribution is 2.34. The molecule has 3 aromatic rings. The van der Waals surface area contributed by atoms with E-state index >= 15 is 0 Å². The van der Waals surface area contributed by atoms with E-state index in [1.165, 1.54) is 5.57 Å². The monoisotopic (exact) mass is 562 g/mol. The van der Waals surface area contributed by atoms with E-state index in [2.05, 4.69) is 62.5 Å². The number of rotatable bonds is 6. The molecule has 0 unspecified atom stereocenters. The van der Waals surface area contributed by atoms with Crippen LogP contribution in [0.2, 0.25) is 0 Å². The fourth-order valence-electron chi connectivity index (χ4n) is 5.52. The molecule has 1 amide bonds. The number of carbonyl (C=O) groups excluding carboxylic acids is 1. The summed E-state index contributed by atoms with van der Waals surface area (Å²) >= 11 is 3.53. The van der Waals surface area contributed by atoms with Gasteiger partial charge in [-0.25, -0.2) is 4.98 Å². The number of para-hydroxylation sites is 1. The van der Waals surface area contributed by atoms with Crippen molar-refractivity contribution in [3.05, 3.63) is 82.0 Å². The number of pyridine rings is 1. The van der Waals surface area contributed by atoms with Crippen LogP contribution in [-0.2, 0) is 4.84 Å². The molecule has 0 bridgehead atoms. The smallest absolute Gasteiger partial charge is 0.272 e. The van der Waals surface area contributed by atoms with Crippen LogP contribution in [0, 0.1) is 0 Å². The van der Waals surface area contributed by atoms with Crippen LogP contribution < -0.4 is 5.48 Å². The van der Waals surface area contributed by atoms with Crippen molar-refractivity contribution in [2.75, 3.05) is 32.8 Å². The van der Waals surface area contributed by atoms with Crippen LogP contribution in [0.15, 0.2) is 70.7 Å². The Morgan fingerprint density at radius 3 is 2.41 bits per heavy atom. The van der Waals surface area contributed by atoms with Crippen molar-refractivity contribution < 1.29 is 9.63 Å². The van der Waals surface area contributed by atoms with Gasteiger partial charge in [0.05, 0.1) is 17.8 Å². The second-order valence-corrected chi connectivity index (χ2v) is 11.1. The number of piperidine rings is 2. The van der Waals surface area contributed by atoms with Crippen molar-refractivity contribution in [1.82, 2.24) is 20.3 Å². The van der Waals surface area contributed by atoms with E-state index in [9.17, 15) is 4.79 Å². The number of hydrogen-bond donors (Lipinski definition) is 1. The zero-order chi connectivity index (χ0) is 25.8. The quantitative estimate of drug-likeness (QED) is 0.371. The number of hydroxylamine groups is 1. The van der Waals surface area contributed by atoms with Crippen molar-refractivity contribution in [3.63, 3.8) is 0 Å². The molecule has 1 N–H and O–H groups in total.